The minimum atomic E-state index is -4.45. The third-order valence-corrected chi connectivity index (χ3v) is 3.53. The molecule has 1 aliphatic heterocycles. The second-order valence-electron chi connectivity index (χ2n) is 4.83. The Morgan fingerprint density at radius 1 is 1.38 bits per heavy atom. The first kappa shape index (κ1) is 13.9. The van der Waals surface area contributed by atoms with Gasteiger partial charge >= 0.3 is 6.18 Å². The first-order valence-electron chi connectivity index (χ1n) is 6.49. The molecular weight excluding hydrogens is 285 g/mol. The number of imidazole rings is 1. The number of carbonyl (C=O) groups excluding carboxylic acids is 1. The smallest absolute Gasteiger partial charge is 0.323 e. The fourth-order valence-corrected chi connectivity index (χ4v) is 2.51. The number of nitrogens with one attached hydrogen (secondary N) is 1. The largest absolute Gasteiger partial charge is 0.410 e. The van der Waals surface area contributed by atoms with Crippen molar-refractivity contribution in [2.24, 2.45) is 0 Å². The van der Waals surface area contributed by atoms with Crippen molar-refractivity contribution in [3.8, 4) is 0 Å². The van der Waals surface area contributed by atoms with Crippen LogP contribution >= 0.6 is 0 Å². The lowest BCUT2D eigenvalue weighted by Gasteiger charge is -2.37. The maximum absolute atomic E-state index is 13.1. The lowest BCUT2D eigenvalue weighted by atomic mass is 10.1. The molecule has 1 aliphatic rings. The lowest BCUT2D eigenvalue weighted by Crippen LogP contribution is -2.59. The van der Waals surface area contributed by atoms with E-state index in [-0.39, 0.29) is 18.8 Å². The van der Waals surface area contributed by atoms with Crippen molar-refractivity contribution >= 4 is 11.6 Å². The normalized spacial score (nSPS) is 20.0. The molecule has 3 rings (SSSR count). The highest BCUT2D eigenvalue weighted by Gasteiger charge is 2.46. The zero-order valence-corrected chi connectivity index (χ0v) is 11.0. The lowest BCUT2D eigenvalue weighted by molar-refractivity contribution is -0.179. The Morgan fingerprint density at radius 3 is 2.95 bits per heavy atom. The number of hydrogen-bond donors (Lipinski definition) is 1. The van der Waals surface area contributed by atoms with Crippen LogP contribution in [-0.4, -0.2) is 52.0 Å². The summed E-state index contributed by atoms with van der Waals surface area (Å²) >= 11 is 0. The quantitative estimate of drug-likeness (QED) is 0.863. The van der Waals surface area contributed by atoms with Gasteiger partial charge in [-0.2, -0.15) is 13.2 Å². The van der Waals surface area contributed by atoms with Crippen molar-refractivity contribution < 1.29 is 18.0 Å². The van der Waals surface area contributed by atoms with E-state index in [1.807, 2.05) is 0 Å². The van der Waals surface area contributed by atoms with Crippen LogP contribution in [0.4, 0.5) is 13.2 Å². The van der Waals surface area contributed by atoms with Gasteiger partial charge < -0.3 is 10.2 Å². The SMILES string of the molecule is O=C(c1cccc2nccn12)N1CCNCC1C(F)(F)F. The number of hydrogen-bond acceptors (Lipinski definition) is 3. The maximum atomic E-state index is 13.1. The molecule has 5 nitrogen and oxygen atoms in total. The molecule has 3 heterocycles. The van der Waals surface area contributed by atoms with E-state index in [1.54, 1.807) is 18.3 Å². The second kappa shape index (κ2) is 5.03. The topological polar surface area (TPSA) is 49.6 Å². The molecule has 0 aliphatic carbocycles. The number of amides is 1. The van der Waals surface area contributed by atoms with Gasteiger partial charge in [-0.25, -0.2) is 4.98 Å². The third kappa shape index (κ3) is 2.46. The van der Waals surface area contributed by atoms with E-state index in [1.165, 1.54) is 16.7 Å². The molecule has 0 saturated carbocycles. The van der Waals surface area contributed by atoms with Gasteiger partial charge in [0.2, 0.25) is 0 Å². The first-order chi connectivity index (χ1) is 9.98. The molecular formula is C13H13F3N4O. The van der Waals surface area contributed by atoms with E-state index in [0.717, 1.165) is 4.90 Å². The monoisotopic (exact) mass is 298 g/mol. The van der Waals surface area contributed by atoms with Crippen LogP contribution < -0.4 is 5.32 Å². The number of rotatable bonds is 1. The molecule has 2 aromatic heterocycles. The van der Waals surface area contributed by atoms with Gasteiger partial charge in [0, 0.05) is 32.0 Å². The van der Waals surface area contributed by atoms with Crippen molar-refractivity contribution in [3.63, 3.8) is 0 Å². The summed E-state index contributed by atoms with van der Waals surface area (Å²) in [4.78, 5) is 17.4. The Labute approximate surface area is 118 Å². The third-order valence-electron chi connectivity index (χ3n) is 3.53. The Bertz CT molecular complexity index is 667. The van der Waals surface area contributed by atoms with Crippen LogP contribution in [0.3, 0.4) is 0 Å². The van der Waals surface area contributed by atoms with Gasteiger partial charge in [0.05, 0.1) is 0 Å². The molecule has 2 aromatic rings. The highest BCUT2D eigenvalue weighted by Crippen LogP contribution is 2.27. The minimum absolute atomic E-state index is 0.0219. The summed E-state index contributed by atoms with van der Waals surface area (Å²) in [6.45, 7) is 0.0848. The van der Waals surface area contributed by atoms with E-state index in [9.17, 15) is 18.0 Å². The van der Waals surface area contributed by atoms with Crippen LogP contribution in [0.2, 0.25) is 0 Å². The van der Waals surface area contributed by atoms with Crippen molar-refractivity contribution in [2.45, 2.75) is 12.2 Å². The molecule has 0 bridgehead atoms. The van der Waals surface area contributed by atoms with Gasteiger partial charge in [0.25, 0.3) is 5.91 Å². The van der Waals surface area contributed by atoms with Crippen LogP contribution in [0.1, 0.15) is 10.5 Å². The van der Waals surface area contributed by atoms with Crippen LogP contribution in [0.5, 0.6) is 0 Å². The number of nitrogens with zero attached hydrogens (tertiary/aromatic N) is 3. The molecule has 1 unspecified atom stereocenters. The molecule has 1 amide bonds. The molecule has 0 spiro atoms. The summed E-state index contributed by atoms with van der Waals surface area (Å²) in [5, 5.41) is 2.68. The molecule has 1 saturated heterocycles. The zero-order valence-electron chi connectivity index (χ0n) is 11.0. The number of aromatic nitrogens is 2. The molecule has 112 valence electrons. The summed E-state index contributed by atoms with van der Waals surface area (Å²) in [5.74, 6) is -0.637. The van der Waals surface area contributed by atoms with Crippen LogP contribution in [0.15, 0.2) is 30.6 Å². The molecule has 21 heavy (non-hydrogen) atoms. The van der Waals surface area contributed by atoms with E-state index in [4.69, 9.17) is 0 Å². The molecule has 0 radical (unpaired) electrons. The number of fused-ring (bicyclic) bond motifs is 1. The zero-order chi connectivity index (χ0) is 15.0. The highest BCUT2D eigenvalue weighted by molar-refractivity contribution is 5.93. The summed E-state index contributed by atoms with van der Waals surface area (Å²) in [6, 6.07) is 3.00. The number of halogens is 3. The Hall–Kier alpha value is -2.09. The van der Waals surface area contributed by atoms with Crippen molar-refractivity contribution in [1.29, 1.82) is 0 Å². The van der Waals surface area contributed by atoms with Gasteiger partial charge in [0.15, 0.2) is 0 Å². The molecule has 1 atom stereocenters. The van der Waals surface area contributed by atoms with Crippen molar-refractivity contribution in [3.05, 3.63) is 36.3 Å². The average molecular weight is 298 g/mol. The number of piperazine rings is 1. The first-order valence-corrected chi connectivity index (χ1v) is 6.49. The van der Waals surface area contributed by atoms with Crippen molar-refractivity contribution in [1.82, 2.24) is 19.6 Å². The summed E-state index contributed by atoms with van der Waals surface area (Å²) < 4.78 is 40.7. The molecule has 1 fully saturated rings. The molecule has 8 heteroatoms. The number of carbonyl (C=O) groups is 1. The van der Waals surface area contributed by atoms with Gasteiger partial charge in [0.1, 0.15) is 17.4 Å². The fourth-order valence-electron chi connectivity index (χ4n) is 2.51. The van der Waals surface area contributed by atoms with Gasteiger partial charge in [-0.1, -0.05) is 6.07 Å². The summed E-state index contributed by atoms with van der Waals surface area (Å²) in [5.41, 5.74) is 0.709. The van der Waals surface area contributed by atoms with E-state index in [0.29, 0.717) is 12.2 Å². The van der Waals surface area contributed by atoms with E-state index >= 15 is 0 Å². The van der Waals surface area contributed by atoms with Crippen molar-refractivity contribution in [2.75, 3.05) is 19.6 Å². The molecule has 0 aromatic carbocycles. The second-order valence-corrected chi connectivity index (χ2v) is 4.83. The van der Waals surface area contributed by atoms with Crippen LogP contribution in [-0.2, 0) is 0 Å². The van der Waals surface area contributed by atoms with Gasteiger partial charge in [-0.3, -0.25) is 9.20 Å². The Morgan fingerprint density at radius 2 is 2.19 bits per heavy atom. The average Bonchev–Trinajstić information content (AvgIpc) is 2.94. The van der Waals surface area contributed by atoms with Crippen LogP contribution in [0, 0.1) is 0 Å². The Kier molecular flexibility index (Phi) is 3.32. The minimum Gasteiger partial charge on any atom is -0.323 e. The Balaban J connectivity index is 1.98. The predicted octanol–water partition coefficient (Wildman–Crippen LogP) is 1.31. The van der Waals surface area contributed by atoms with Gasteiger partial charge in [-0.05, 0) is 12.1 Å². The van der Waals surface area contributed by atoms with Crippen LogP contribution in [0.25, 0.3) is 5.65 Å². The number of pyridine rings is 1. The maximum Gasteiger partial charge on any atom is 0.410 e. The standard InChI is InChI=1S/C13H13F3N4O/c14-13(15,16)10-8-17-4-6-20(10)12(21)9-2-1-3-11-18-5-7-19(9)11/h1-3,5,7,10,17H,4,6,8H2. The summed E-state index contributed by atoms with van der Waals surface area (Å²) in [7, 11) is 0. The highest BCUT2D eigenvalue weighted by atomic mass is 19.4. The molecule has 1 N–H and O–H groups in total. The number of alkyl halides is 3. The van der Waals surface area contributed by atoms with E-state index < -0.39 is 18.1 Å². The van der Waals surface area contributed by atoms with E-state index in [2.05, 4.69) is 10.3 Å². The summed E-state index contributed by atoms with van der Waals surface area (Å²) in [6.07, 6.45) is -1.38. The fraction of sp³-hybridized carbons (Fsp3) is 0.385. The predicted molar refractivity (Wildman–Crippen MR) is 68.9 cm³/mol. The van der Waals surface area contributed by atoms with Gasteiger partial charge in [-0.15, -0.1) is 0 Å².